The van der Waals surface area contributed by atoms with Crippen molar-refractivity contribution in [3.8, 4) is 6.07 Å². The van der Waals surface area contributed by atoms with Crippen LogP contribution in [0.25, 0.3) is 0 Å². The summed E-state index contributed by atoms with van der Waals surface area (Å²) in [7, 11) is 0. The van der Waals surface area contributed by atoms with Crippen LogP contribution in [0.15, 0.2) is 23.8 Å². The van der Waals surface area contributed by atoms with E-state index in [0.717, 1.165) is 32.5 Å². The molecule has 1 aliphatic heterocycles. The zero-order chi connectivity index (χ0) is 11.1. The third-order valence-corrected chi connectivity index (χ3v) is 2.82. The first-order valence-electron chi connectivity index (χ1n) is 5.66. The predicted molar refractivity (Wildman–Crippen MR) is 63.3 cm³/mol. The van der Waals surface area contributed by atoms with Crippen LogP contribution in [0.2, 0.25) is 0 Å². The van der Waals surface area contributed by atoms with Crippen molar-refractivity contribution in [3.63, 3.8) is 0 Å². The van der Waals surface area contributed by atoms with Crippen molar-refractivity contribution in [3.05, 3.63) is 23.8 Å². The number of piperidine rings is 1. The summed E-state index contributed by atoms with van der Waals surface area (Å²) in [5.74, 6) is 0.293. The first-order valence-corrected chi connectivity index (χ1v) is 5.66. The van der Waals surface area contributed by atoms with Crippen LogP contribution < -0.4 is 0 Å². The maximum absolute atomic E-state index is 8.79. The molecule has 0 N–H and O–H groups in total. The van der Waals surface area contributed by atoms with Gasteiger partial charge in [0.1, 0.15) is 0 Å². The molecule has 0 unspecified atom stereocenters. The van der Waals surface area contributed by atoms with Crippen LogP contribution in [0.4, 0.5) is 0 Å². The van der Waals surface area contributed by atoms with Crippen LogP contribution in [0.3, 0.4) is 0 Å². The van der Waals surface area contributed by atoms with E-state index in [4.69, 9.17) is 5.26 Å². The Bertz CT molecular complexity index is 275. The van der Waals surface area contributed by atoms with Gasteiger partial charge < -0.3 is 0 Å². The van der Waals surface area contributed by atoms with E-state index in [2.05, 4.69) is 30.0 Å². The van der Waals surface area contributed by atoms with Gasteiger partial charge in [0.05, 0.1) is 6.07 Å². The minimum atomic E-state index is 0.293. The van der Waals surface area contributed by atoms with Crippen molar-refractivity contribution in [1.29, 1.82) is 5.26 Å². The largest absolute Gasteiger partial charge is 0.299 e. The van der Waals surface area contributed by atoms with Gasteiger partial charge >= 0.3 is 0 Å². The molecule has 0 aliphatic carbocycles. The Balaban J connectivity index is 2.33. The molecule has 82 valence electrons. The van der Waals surface area contributed by atoms with Gasteiger partial charge in [0.25, 0.3) is 0 Å². The lowest BCUT2D eigenvalue weighted by atomic mass is 9.98. The Kier molecular flexibility index (Phi) is 5.14. The third kappa shape index (κ3) is 4.31. The fraction of sp³-hybridized carbons (Fsp3) is 0.615. The topological polar surface area (TPSA) is 27.0 Å². The highest BCUT2D eigenvalue weighted by Gasteiger charge is 2.18. The lowest BCUT2D eigenvalue weighted by molar-refractivity contribution is 0.221. The zero-order valence-corrected chi connectivity index (χ0v) is 9.74. The van der Waals surface area contributed by atoms with E-state index >= 15 is 0 Å². The van der Waals surface area contributed by atoms with E-state index in [0.29, 0.717) is 5.92 Å². The van der Waals surface area contributed by atoms with Gasteiger partial charge in [-0.25, -0.2) is 0 Å². The van der Waals surface area contributed by atoms with Crippen LogP contribution in [0.5, 0.6) is 0 Å². The molecule has 2 nitrogen and oxygen atoms in total. The fourth-order valence-corrected chi connectivity index (χ4v) is 1.89. The van der Waals surface area contributed by atoms with Crippen LogP contribution >= 0.6 is 0 Å². The van der Waals surface area contributed by atoms with Crippen molar-refractivity contribution in [2.45, 2.75) is 26.7 Å². The van der Waals surface area contributed by atoms with E-state index < -0.39 is 0 Å². The summed E-state index contributed by atoms with van der Waals surface area (Å²) in [6.45, 7) is 7.37. The molecule has 1 aliphatic rings. The van der Waals surface area contributed by atoms with Crippen LogP contribution in [0, 0.1) is 17.2 Å². The first kappa shape index (κ1) is 12.0. The summed E-state index contributed by atoms with van der Waals surface area (Å²) < 4.78 is 0. The summed E-state index contributed by atoms with van der Waals surface area (Å²) in [4.78, 5) is 2.43. The average Bonchev–Trinajstić information content (AvgIpc) is 2.27. The predicted octanol–water partition coefficient (Wildman–Crippen LogP) is 2.74. The molecule has 1 saturated heterocycles. The fourth-order valence-electron chi connectivity index (χ4n) is 1.89. The van der Waals surface area contributed by atoms with Crippen LogP contribution in [-0.2, 0) is 0 Å². The minimum absolute atomic E-state index is 0.293. The van der Waals surface area contributed by atoms with Gasteiger partial charge in [-0.2, -0.15) is 5.26 Å². The molecule has 15 heavy (non-hydrogen) atoms. The van der Waals surface area contributed by atoms with Gasteiger partial charge in [0, 0.05) is 12.5 Å². The summed E-state index contributed by atoms with van der Waals surface area (Å²) in [6, 6.07) is 2.36. The van der Waals surface area contributed by atoms with Gasteiger partial charge in [0.15, 0.2) is 0 Å². The first-order chi connectivity index (χ1) is 7.26. The molecule has 2 heteroatoms. The summed E-state index contributed by atoms with van der Waals surface area (Å²) in [5.41, 5.74) is 1.39. The molecule has 0 aromatic carbocycles. The smallest absolute Gasteiger partial charge is 0.0656 e. The second-order valence-electron chi connectivity index (χ2n) is 4.22. The minimum Gasteiger partial charge on any atom is -0.299 e. The van der Waals surface area contributed by atoms with E-state index in [9.17, 15) is 0 Å². The molecule has 1 heterocycles. The normalized spacial score (nSPS) is 20.7. The maximum Gasteiger partial charge on any atom is 0.0656 e. The molecule has 0 spiro atoms. The van der Waals surface area contributed by atoms with Gasteiger partial charge in [-0.3, -0.25) is 4.90 Å². The number of hydrogen-bond donors (Lipinski definition) is 0. The van der Waals surface area contributed by atoms with E-state index in [-0.39, 0.29) is 0 Å². The SMILES string of the molecule is C/C=C\C=C(/C)CN1CCC(C#N)CC1. The maximum atomic E-state index is 8.79. The molecule has 0 amide bonds. The van der Waals surface area contributed by atoms with E-state index in [1.165, 1.54) is 5.57 Å². The Morgan fingerprint density at radius 3 is 2.67 bits per heavy atom. The molecule has 0 saturated carbocycles. The van der Waals surface area contributed by atoms with Crippen LogP contribution in [-0.4, -0.2) is 24.5 Å². The van der Waals surface area contributed by atoms with Crippen molar-refractivity contribution in [2.24, 2.45) is 5.92 Å². The van der Waals surface area contributed by atoms with Gasteiger partial charge in [-0.05, 0) is 39.8 Å². The highest BCUT2D eigenvalue weighted by atomic mass is 15.1. The number of allylic oxidation sites excluding steroid dienone is 3. The number of nitriles is 1. The molecule has 0 aromatic rings. The number of rotatable bonds is 3. The summed E-state index contributed by atoms with van der Waals surface area (Å²) >= 11 is 0. The quantitative estimate of drug-likeness (QED) is 0.661. The van der Waals surface area contributed by atoms with Gasteiger partial charge in [0.2, 0.25) is 0 Å². The standard InChI is InChI=1S/C13H20N2/c1-3-4-5-12(2)11-15-8-6-13(10-14)7-9-15/h3-5,13H,6-9,11H2,1-2H3/b4-3-,12-5+. The second kappa shape index (κ2) is 6.42. The Labute approximate surface area is 92.9 Å². The third-order valence-electron chi connectivity index (χ3n) is 2.82. The lowest BCUT2D eigenvalue weighted by Crippen LogP contribution is -2.34. The van der Waals surface area contributed by atoms with Crippen molar-refractivity contribution < 1.29 is 0 Å². The molecule has 0 bridgehead atoms. The van der Waals surface area contributed by atoms with Gasteiger partial charge in [-0.1, -0.05) is 23.8 Å². The summed E-state index contributed by atoms with van der Waals surface area (Å²) in [6.07, 6.45) is 8.36. The zero-order valence-electron chi connectivity index (χ0n) is 9.74. The van der Waals surface area contributed by atoms with Crippen LogP contribution in [0.1, 0.15) is 26.7 Å². The molecule has 1 fully saturated rings. The van der Waals surface area contributed by atoms with E-state index in [1.54, 1.807) is 0 Å². The van der Waals surface area contributed by atoms with Crippen molar-refractivity contribution in [1.82, 2.24) is 4.90 Å². The number of nitrogens with zero attached hydrogens (tertiary/aromatic N) is 2. The molecule has 0 radical (unpaired) electrons. The monoisotopic (exact) mass is 204 g/mol. The Morgan fingerprint density at radius 2 is 2.13 bits per heavy atom. The highest BCUT2D eigenvalue weighted by molar-refractivity contribution is 5.11. The number of hydrogen-bond acceptors (Lipinski definition) is 2. The Morgan fingerprint density at radius 1 is 1.47 bits per heavy atom. The second-order valence-corrected chi connectivity index (χ2v) is 4.22. The molecule has 0 aromatic heterocycles. The molecule has 0 atom stereocenters. The average molecular weight is 204 g/mol. The molecule has 1 rings (SSSR count). The Hall–Kier alpha value is -1.07. The lowest BCUT2D eigenvalue weighted by Gasteiger charge is -2.29. The van der Waals surface area contributed by atoms with Crippen molar-refractivity contribution >= 4 is 0 Å². The highest BCUT2D eigenvalue weighted by Crippen LogP contribution is 2.16. The number of likely N-dealkylation sites (tertiary alicyclic amines) is 1. The molecular formula is C13H20N2. The molecular weight excluding hydrogens is 184 g/mol. The van der Waals surface area contributed by atoms with Gasteiger partial charge in [-0.15, -0.1) is 0 Å². The summed E-state index contributed by atoms with van der Waals surface area (Å²) in [5, 5.41) is 8.79. The van der Waals surface area contributed by atoms with E-state index in [1.807, 2.05) is 13.0 Å². The van der Waals surface area contributed by atoms with Crippen molar-refractivity contribution in [2.75, 3.05) is 19.6 Å².